The molecule has 0 saturated carbocycles. The van der Waals surface area contributed by atoms with Crippen molar-refractivity contribution in [3.8, 4) is 0 Å². The summed E-state index contributed by atoms with van der Waals surface area (Å²) >= 11 is 0. The van der Waals surface area contributed by atoms with E-state index < -0.39 is 0 Å². The highest BCUT2D eigenvalue weighted by atomic mass is 15.2. The molecule has 0 aromatic rings. The van der Waals surface area contributed by atoms with Gasteiger partial charge in [-0.2, -0.15) is 0 Å². The van der Waals surface area contributed by atoms with Gasteiger partial charge in [-0.25, -0.2) is 0 Å². The Labute approximate surface area is 141 Å². The Hall–Kier alpha value is -0.0400. The fourth-order valence-electron chi connectivity index (χ4n) is 3.92. The molecule has 0 aromatic heterocycles. The lowest BCUT2D eigenvalue weighted by Crippen LogP contribution is -2.31. The molecule has 0 amide bonds. The third-order valence-corrected chi connectivity index (χ3v) is 5.45. The number of nitrogens with zero attached hydrogens (tertiary/aromatic N) is 1. The zero-order valence-electron chi connectivity index (χ0n) is 15.9. The van der Waals surface area contributed by atoms with E-state index >= 15 is 0 Å². The van der Waals surface area contributed by atoms with Crippen LogP contribution in [-0.4, -0.2) is 24.0 Å². The van der Waals surface area contributed by atoms with Crippen LogP contribution < -0.4 is 0 Å². The molecule has 1 saturated heterocycles. The summed E-state index contributed by atoms with van der Waals surface area (Å²) in [5.41, 5.74) is 0. The van der Waals surface area contributed by atoms with Gasteiger partial charge in [0, 0.05) is 6.04 Å². The van der Waals surface area contributed by atoms with Crippen LogP contribution >= 0.6 is 0 Å². The van der Waals surface area contributed by atoms with Crippen molar-refractivity contribution in [3.63, 3.8) is 0 Å². The van der Waals surface area contributed by atoms with Crippen molar-refractivity contribution >= 4 is 0 Å². The van der Waals surface area contributed by atoms with Crippen LogP contribution in [0.4, 0.5) is 0 Å². The number of hydrogen-bond donors (Lipinski definition) is 0. The first-order valence-corrected chi connectivity index (χ1v) is 10.5. The van der Waals surface area contributed by atoms with Crippen molar-refractivity contribution in [3.05, 3.63) is 0 Å². The van der Waals surface area contributed by atoms with Crippen LogP contribution in [0, 0.1) is 5.92 Å². The molecule has 1 rings (SSSR count). The first kappa shape index (κ1) is 20.0. The first-order chi connectivity index (χ1) is 10.7. The summed E-state index contributed by atoms with van der Waals surface area (Å²) in [5, 5.41) is 0. The number of unbranched alkanes of at least 4 members (excludes halogenated alkanes) is 8. The number of rotatable bonds is 14. The zero-order valence-corrected chi connectivity index (χ0v) is 15.9. The van der Waals surface area contributed by atoms with Gasteiger partial charge in [-0.3, -0.25) is 0 Å². The quantitative estimate of drug-likeness (QED) is 0.319. The SMILES string of the molecule is CCC(CCCCCCCCCCCC(C)C)N1CCCC1. The summed E-state index contributed by atoms with van der Waals surface area (Å²) in [6.45, 7) is 9.80. The maximum absolute atomic E-state index is 2.75. The van der Waals surface area contributed by atoms with Gasteiger partial charge in [-0.1, -0.05) is 85.0 Å². The molecule has 1 heterocycles. The molecule has 1 atom stereocenters. The van der Waals surface area contributed by atoms with E-state index in [4.69, 9.17) is 0 Å². The molecule has 1 aliphatic rings. The van der Waals surface area contributed by atoms with Crippen LogP contribution in [-0.2, 0) is 0 Å². The highest BCUT2D eigenvalue weighted by Crippen LogP contribution is 2.19. The van der Waals surface area contributed by atoms with Crippen LogP contribution in [0.15, 0.2) is 0 Å². The summed E-state index contributed by atoms with van der Waals surface area (Å²) in [5.74, 6) is 0.896. The Morgan fingerprint density at radius 3 is 1.59 bits per heavy atom. The molecule has 0 spiro atoms. The highest BCUT2D eigenvalue weighted by Gasteiger charge is 2.19. The third-order valence-electron chi connectivity index (χ3n) is 5.45. The van der Waals surface area contributed by atoms with E-state index in [-0.39, 0.29) is 0 Å². The van der Waals surface area contributed by atoms with Crippen LogP contribution in [0.25, 0.3) is 0 Å². The van der Waals surface area contributed by atoms with Gasteiger partial charge in [0.25, 0.3) is 0 Å². The lowest BCUT2D eigenvalue weighted by molar-refractivity contribution is 0.219. The highest BCUT2D eigenvalue weighted by molar-refractivity contribution is 4.75. The average Bonchev–Trinajstić information content (AvgIpc) is 3.02. The maximum atomic E-state index is 2.75. The molecule has 1 aliphatic heterocycles. The molecule has 0 aromatic carbocycles. The molecule has 0 radical (unpaired) electrons. The summed E-state index contributed by atoms with van der Waals surface area (Å²) in [7, 11) is 0. The van der Waals surface area contributed by atoms with Gasteiger partial charge in [0.1, 0.15) is 0 Å². The second-order valence-corrected chi connectivity index (χ2v) is 7.96. The molecule has 132 valence electrons. The van der Waals surface area contributed by atoms with Gasteiger partial charge in [-0.15, -0.1) is 0 Å². The Bertz CT molecular complexity index is 230. The van der Waals surface area contributed by atoms with E-state index in [0.717, 1.165) is 12.0 Å². The fourth-order valence-corrected chi connectivity index (χ4v) is 3.92. The van der Waals surface area contributed by atoms with Crippen LogP contribution in [0.1, 0.15) is 111 Å². The number of likely N-dealkylation sites (tertiary alicyclic amines) is 1. The van der Waals surface area contributed by atoms with E-state index in [1.807, 2.05) is 0 Å². The van der Waals surface area contributed by atoms with Crippen molar-refractivity contribution in [2.75, 3.05) is 13.1 Å². The minimum Gasteiger partial charge on any atom is -0.300 e. The summed E-state index contributed by atoms with van der Waals surface area (Å²) in [4.78, 5) is 2.75. The Morgan fingerprint density at radius 2 is 1.14 bits per heavy atom. The molecule has 22 heavy (non-hydrogen) atoms. The molecule has 1 heteroatoms. The van der Waals surface area contributed by atoms with Gasteiger partial charge in [0.05, 0.1) is 0 Å². The van der Waals surface area contributed by atoms with E-state index in [0.29, 0.717) is 0 Å². The predicted octanol–water partition coefficient (Wildman–Crippen LogP) is 6.81. The molecular weight excluding hydrogens is 266 g/mol. The molecule has 1 unspecified atom stereocenters. The average molecular weight is 310 g/mol. The lowest BCUT2D eigenvalue weighted by atomic mass is 10.0. The van der Waals surface area contributed by atoms with Crippen LogP contribution in [0.2, 0.25) is 0 Å². The second-order valence-electron chi connectivity index (χ2n) is 7.96. The van der Waals surface area contributed by atoms with Crippen molar-refractivity contribution in [1.29, 1.82) is 0 Å². The Morgan fingerprint density at radius 1 is 0.682 bits per heavy atom. The summed E-state index contributed by atoms with van der Waals surface area (Å²) < 4.78 is 0. The van der Waals surface area contributed by atoms with Gasteiger partial charge in [0.2, 0.25) is 0 Å². The topological polar surface area (TPSA) is 3.24 Å². The predicted molar refractivity (Wildman–Crippen MR) is 101 cm³/mol. The first-order valence-electron chi connectivity index (χ1n) is 10.5. The van der Waals surface area contributed by atoms with E-state index in [1.165, 1.54) is 103 Å². The smallest absolute Gasteiger partial charge is 0.00926 e. The molecule has 1 nitrogen and oxygen atoms in total. The molecule has 0 N–H and O–H groups in total. The van der Waals surface area contributed by atoms with Gasteiger partial charge in [-0.05, 0) is 44.7 Å². The molecular formula is C21H43N. The van der Waals surface area contributed by atoms with Crippen molar-refractivity contribution in [2.24, 2.45) is 5.92 Å². The van der Waals surface area contributed by atoms with Crippen molar-refractivity contribution in [1.82, 2.24) is 4.90 Å². The van der Waals surface area contributed by atoms with Gasteiger partial charge < -0.3 is 4.90 Å². The largest absolute Gasteiger partial charge is 0.300 e. The molecule has 0 aliphatic carbocycles. The van der Waals surface area contributed by atoms with E-state index in [9.17, 15) is 0 Å². The minimum absolute atomic E-state index is 0.892. The standard InChI is InChI=1S/C21H43N/c1-4-21(22-18-14-15-19-22)17-13-11-9-7-5-6-8-10-12-16-20(2)3/h20-21H,4-19H2,1-3H3. The van der Waals surface area contributed by atoms with Crippen LogP contribution in [0.5, 0.6) is 0 Å². The minimum atomic E-state index is 0.892. The maximum Gasteiger partial charge on any atom is 0.00926 e. The Kier molecular flexibility index (Phi) is 12.2. The molecule has 0 bridgehead atoms. The monoisotopic (exact) mass is 309 g/mol. The van der Waals surface area contributed by atoms with Crippen molar-refractivity contribution < 1.29 is 0 Å². The van der Waals surface area contributed by atoms with Gasteiger partial charge >= 0.3 is 0 Å². The van der Waals surface area contributed by atoms with E-state index in [1.54, 1.807) is 0 Å². The Balaban J connectivity index is 1.82. The molecule has 1 fully saturated rings. The fraction of sp³-hybridized carbons (Fsp3) is 1.00. The zero-order chi connectivity index (χ0) is 16.0. The normalized spacial score (nSPS) is 17.5. The van der Waals surface area contributed by atoms with Gasteiger partial charge in [0.15, 0.2) is 0 Å². The summed E-state index contributed by atoms with van der Waals surface area (Å²) in [6, 6.07) is 0.892. The van der Waals surface area contributed by atoms with Crippen molar-refractivity contribution in [2.45, 2.75) is 117 Å². The van der Waals surface area contributed by atoms with E-state index in [2.05, 4.69) is 25.7 Å². The summed E-state index contributed by atoms with van der Waals surface area (Å²) in [6.07, 6.45) is 20.3. The number of hydrogen-bond acceptors (Lipinski definition) is 1. The van der Waals surface area contributed by atoms with Crippen LogP contribution in [0.3, 0.4) is 0 Å². The third kappa shape index (κ3) is 9.87. The lowest BCUT2D eigenvalue weighted by Gasteiger charge is -2.26. The second kappa shape index (κ2) is 13.4.